The van der Waals surface area contributed by atoms with Gasteiger partial charge in [0.2, 0.25) is 11.5 Å². The molecule has 5 saturated heterocycles. The van der Waals surface area contributed by atoms with E-state index in [1.165, 1.54) is 0 Å². The lowest BCUT2D eigenvalue weighted by molar-refractivity contribution is -0.151. The van der Waals surface area contributed by atoms with Gasteiger partial charge in [0.15, 0.2) is 23.0 Å². The maximum Gasteiger partial charge on any atom is 0.311 e. The van der Waals surface area contributed by atoms with Crippen molar-refractivity contribution in [1.82, 2.24) is 21.3 Å². The van der Waals surface area contributed by atoms with Gasteiger partial charge in [-0.25, -0.2) is 0 Å². The van der Waals surface area contributed by atoms with E-state index < -0.39 is 12.0 Å². The fraction of sp³-hybridized carbons (Fsp3) is 0.841. The van der Waals surface area contributed by atoms with Crippen LogP contribution in [0.5, 0.6) is 34.5 Å². The fourth-order valence-corrected chi connectivity index (χ4v) is 17.8. The Labute approximate surface area is 718 Å². The van der Waals surface area contributed by atoms with E-state index in [0.29, 0.717) is 235 Å². The highest BCUT2D eigenvalue weighted by molar-refractivity contribution is 5.74. The molecule has 8 rings (SSSR count). The number of carbonyl (C=O) groups is 2. The minimum absolute atomic E-state index is 0.00972. The number of hydrogen-bond acceptors (Lipinski definition) is 33. The molecular weight excluding hydrogens is 1580 g/mol. The molecule has 5 aliphatic heterocycles. The van der Waals surface area contributed by atoms with Crippen molar-refractivity contribution in [3.8, 4) is 34.5 Å². The highest BCUT2D eigenvalue weighted by atomic mass is 16.6. The molecule has 6 aliphatic rings. The zero-order valence-electron chi connectivity index (χ0n) is 74.4. The van der Waals surface area contributed by atoms with Crippen LogP contribution in [0, 0.1) is 53.3 Å². The van der Waals surface area contributed by atoms with Gasteiger partial charge in [0.1, 0.15) is 52.9 Å². The molecule has 696 valence electrons. The van der Waals surface area contributed by atoms with Crippen molar-refractivity contribution in [1.29, 1.82) is 0 Å². The SMILES string of the molecule is CCC1C2CC3NC4C(CC(O)C4C3C)C3NC(CC4NC(CC(N2)C1C)C(C(=O)OCc1cc(OCCOCCOCCOC)c(OCCOCCOCCOC)c(OCCOCCOCCOC)c1)C4C)C(C)C3CCC(=O)OCc1cc(OCCOCCOCCOC)c(OCCOCCOCCOC)c(OCCOCCOCCOC)c1. The Kier molecular flexibility index (Phi) is 50.5. The van der Waals surface area contributed by atoms with Crippen LogP contribution in [0.4, 0.5) is 0 Å². The Hall–Kier alpha value is -4.74. The molecular formula is C88H150N4O29. The predicted molar refractivity (Wildman–Crippen MR) is 447 cm³/mol. The number of esters is 2. The van der Waals surface area contributed by atoms with Crippen molar-refractivity contribution in [3.63, 3.8) is 0 Å². The molecule has 18 atom stereocenters. The Morgan fingerprint density at radius 2 is 0.645 bits per heavy atom. The van der Waals surface area contributed by atoms with Gasteiger partial charge in [-0.1, -0.05) is 41.0 Å². The lowest BCUT2D eigenvalue weighted by Gasteiger charge is -2.32. The molecule has 121 heavy (non-hydrogen) atoms. The summed E-state index contributed by atoms with van der Waals surface area (Å²) in [7, 11) is 9.77. The average molecular weight is 1730 g/mol. The summed E-state index contributed by atoms with van der Waals surface area (Å²) in [4.78, 5) is 30.1. The van der Waals surface area contributed by atoms with Crippen molar-refractivity contribution < 1.29 is 138 Å². The second kappa shape index (κ2) is 60.1. The molecule has 0 aromatic heterocycles. The first-order chi connectivity index (χ1) is 59.3. The van der Waals surface area contributed by atoms with Crippen LogP contribution in [0.3, 0.4) is 0 Å². The van der Waals surface area contributed by atoms with E-state index in [9.17, 15) is 9.90 Å². The molecule has 6 fully saturated rings. The van der Waals surface area contributed by atoms with E-state index >= 15 is 4.79 Å². The number of benzene rings is 2. The second-order valence-corrected chi connectivity index (χ2v) is 31.9. The molecule has 1 saturated carbocycles. The minimum atomic E-state index is -0.510. The van der Waals surface area contributed by atoms with Crippen molar-refractivity contribution in [2.24, 2.45) is 53.3 Å². The van der Waals surface area contributed by atoms with Gasteiger partial charge in [-0.15, -0.1) is 0 Å². The molecule has 33 nitrogen and oxygen atoms in total. The Balaban J connectivity index is 1.01. The largest absolute Gasteiger partial charge is 0.487 e. The zero-order valence-corrected chi connectivity index (χ0v) is 74.4. The minimum Gasteiger partial charge on any atom is -0.487 e. The quantitative estimate of drug-likeness (QED) is 0.0377. The third-order valence-electron chi connectivity index (χ3n) is 24.0. The molecule has 0 radical (unpaired) electrons. The van der Waals surface area contributed by atoms with Crippen molar-refractivity contribution in [2.75, 3.05) is 281 Å². The van der Waals surface area contributed by atoms with Crippen molar-refractivity contribution in [3.05, 3.63) is 35.4 Å². The summed E-state index contributed by atoms with van der Waals surface area (Å²) in [5.41, 5.74) is 1.25. The number of hydrogen-bond donors (Lipinski definition) is 5. The topological polar surface area (TPSA) is 342 Å². The Bertz CT molecular complexity index is 2980. The zero-order chi connectivity index (χ0) is 86.0. The summed E-state index contributed by atoms with van der Waals surface area (Å²) in [6, 6.07) is 7.50. The van der Waals surface area contributed by atoms with Gasteiger partial charge in [0.05, 0.1) is 210 Å². The maximum atomic E-state index is 15.5. The van der Waals surface area contributed by atoms with Crippen LogP contribution >= 0.6 is 0 Å². The first-order valence-electron chi connectivity index (χ1n) is 44.3. The van der Waals surface area contributed by atoms with Gasteiger partial charge in [-0.05, 0) is 109 Å². The van der Waals surface area contributed by atoms with Gasteiger partial charge < -0.3 is 150 Å². The number of carbonyl (C=O) groups excluding carboxylic acids is 2. The molecule has 0 amide bonds. The van der Waals surface area contributed by atoms with Gasteiger partial charge in [0.25, 0.3) is 0 Å². The summed E-state index contributed by atoms with van der Waals surface area (Å²) >= 11 is 0. The second-order valence-electron chi connectivity index (χ2n) is 31.9. The van der Waals surface area contributed by atoms with Crippen LogP contribution in [0.1, 0.15) is 90.7 Å². The predicted octanol–water partition coefficient (Wildman–Crippen LogP) is 5.95. The van der Waals surface area contributed by atoms with Crippen LogP contribution in [-0.4, -0.2) is 352 Å². The first-order valence-corrected chi connectivity index (χ1v) is 44.3. The van der Waals surface area contributed by atoms with Crippen LogP contribution in [0.2, 0.25) is 0 Å². The standard InChI is InChI=1S/C88H150N4O29/c1-12-67-61(2)70-58-75-82(88(95)121-60-66-53-79(116-47-41-110-35-29-104-23-17-98-8)87(119-50-44-113-38-32-107-26-20-101-11)80(54-66)117-48-42-111-36-30-105-24-18-99-9)63(4)72(90-75)56-71-62(3)68(84(91-71)69-55-76(93)83-64(5)73(92-85(69)83)57-74(67)89-70)13-14-81(94)120-59-65-51-77(114-45-39-108-33-27-102-21-15-96-6)86(118-49-43-112-37-31-106-25-19-100-10)78(52-65)115-46-40-109-34-28-103-22-16-97-7/h51-54,61-64,67-76,82-85,89-93H,12-50,55-60H2,1-11H3. The fourth-order valence-electron chi connectivity index (χ4n) is 17.8. The van der Waals surface area contributed by atoms with E-state index in [2.05, 4.69) is 55.9 Å². The third-order valence-corrected chi connectivity index (χ3v) is 24.0. The maximum absolute atomic E-state index is 15.5. The number of aliphatic hydroxyl groups is 1. The van der Waals surface area contributed by atoms with E-state index in [-0.39, 0.29) is 195 Å². The van der Waals surface area contributed by atoms with Crippen molar-refractivity contribution >= 4 is 11.9 Å². The van der Waals surface area contributed by atoms with Gasteiger partial charge in [0, 0.05) is 103 Å². The molecule has 5 N–H and O–H groups in total. The monoisotopic (exact) mass is 1730 g/mol. The number of nitrogens with one attached hydrogen (secondary N) is 4. The molecule has 2 aromatic rings. The number of aliphatic hydroxyl groups excluding tert-OH is 1. The summed E-state index contributed by atoms with van der Waals surface area (Å²) in [5, 5.41) is 29.0. The Morgan fingerprint density at radius 3 is 1.03 bits per heavy atom. The van der Waals surface area contributed by atoms with Gasteiger partial charge in [-0.3, -0.25) is 9.59 Å². The molecule has 18 unspecified atom stereocenters. The molecule has 33 heteroatoms. The molecule has 2 aromatic carbocycles. The van der Waals surface area contributed by atoms with E-state index in [1.54, 1.807) is 54.8 Å². The normalized spacial score (nSPS) is 26.1. The highest BCUT2D eigenvalue weighted by Gasteiger charge is 2.59. The van der Waals surface area contributed by atoms with E-state index in [4.69, 9.17) is 123 Å². The lowest BCUT2D eigenvalue weighted by atomic mass is 9.76. The molecule has 8 bridgehead atoms. The number of rotatable bonds is 69. The van der Waals surface area contributed by atoms with E-state index in [0.717, 1.165) is 19.3 Å². The smallest absolute Gasteiger partial charge is 0.311 e. The lowest BCUT2D eigenvalue weighted by Crippen LogP contribution is -2.48. The van der Waals surface area contributed by atoms with Crippen LogP contribution < -0.4 is 49.7 Å². The summed E-state index contributed by atoms with van der Waals surface area (Å²) in [6.45, 7) is 24.0. The first kappa shape index (κ1) is 102. The van der Waals surface area contributed by atoms with E-state index in [1.807, 2.05) is 12.1 Å². The number of ether oxygens (including phenoxy) is 26. The highest BCUT2D eigenvalue weighted by Crippen LogP contribution is 2.51. The van der Waals surface area contributed by atoms with Crippen molar-refractivity contribution in [2.45, 2.75) is 147 Å². The third kappa shape index (κ3) is 34.8. The van der Waals surface area contributed by atoms with Crippen LogP contribution in [0.15, 0.2) is 24.3 Å². The molecule has 5 heterocycles. The number of methoxy groups -OCH3 is 6. The molecule has 0 spiro atoms. The van der Waals surface area contributed by atoms with Gasteiger partial charge in [-0.2, -0.15) is 0 Å². The molecule has 1 aliphatic carbocycles. The van der Waals surface area contributed by atoms with Crippen LogP contribution in [0.25, 0.3) is 0 Å². The summed E-state index contributed by atoms with van der Waals surface area (Å²) < 4.78 is 151. The summed E-state index contributed by atoms with van der Waals surface area (Å²) in [6.07, 6.45) is 4.20. The number of fused-ring (bicyclic) bond motifs is 8. The van der Waals surface area contributed by atoms with Gasteiger partial charge >= 0.3 is 11.9 Å². The average Bonchev–Trinajstić information content (AvgIpc) is 1.58. The Morgan fingerprint density at radius 1 is 0.339 bits per heavy atom. The van der Waals surface area contributed by atoms with Crippen LogP contribution in [-0.2, 0) is 118 Å². The summed E-state index contributed by atoms with van der Waals surface area (Å²) in [5.74, 6) is 2.09.